The highest BCUT2D eigenvalue weighted by Gasteiger charge is 2.42. The van der Waals surface area contributed by atoms with Crippen molar-refractivity contribution in [2.24, 2.45) is 0 Å². The molecule has 0 aliphatic heterocycles. The van der Waals surface area contributed by atoms with Crippen LogP contribution < -0.4 is 0 Å². The van der Waals surface area contributed by atoms with E-state index in [9.17, 15) is 19.2 Å². The Morgan fingerprint density at radius 2 is 1.14 bits per heavy atom. The number of hydrogen-bond acceptors (Lipinski definition) is 7. The van der Waals surface area contributed by atoms with Crippen LogP contribution in [-0.4, -0.2) is 57.0 Å². The van der Waals surface area contributed by atoms with Crippen LogP contribution in [0, 0.1) is 0 Å². The third-order valence-electron chi connectivity index (χ3n) is 3.02. The number of carbonyl (C=O) groups excluding carboxylic acids is 4. The molecule has 1 atom stereocenters. The van der Waals surface area contributed by atoms with Gasteiger partial charge in [0, 0.05) is 6.42 Å². The number of ketones is 1. The Kier molecular flexibility index (Phi) is 9.82. The Labute approximate surface area is 181 Å². The van der Waals surface area contributed by atoms with Crippen LogP contribution in [0.2, 0.25) is 0 Å². The molecule has 29 heavy (non-hydrogen) atoms. The molecule has 168 valence electrons. The predicted molar refractivity (Wildman–Crippen MR) is 112 cm³/mol. The molecule has 0 radical (unpaired) electrons. The average Bonchev–Trinajstić information content (AvgIpc) is 2.44. The van der Waals surface area contributed by atoms with Crippen LogP contribution in [-0.2, 0) is 23.8 Å². The standard InChI is InChI=1S/C20H34BrNO7/c1-18(2,3)27-15(24)14(11-10-13(23)12-21)22(16(25)28-19(4,5)6)17(26)29-20(7,8)9/h14H,10-12H2,1-9H3/t14-/m0/s1. The molecule has 0 aliphatic carbocycles. The number of esters is 1. The number of carbonyl (C=O) groups is 4. The quantitative estimate of drug-likeness (QED) is 0.311. The molecule has 8 nitrogen and oxygen atoms in total. The molecule has 0 aromatic carbocycles. The van der Waals surface area contributed by atoms with Gasteiger partial charge in [0.05, 0.1) is 5.33 Å². The lowest BCUT2D eigenvalue weighted by Gasteiger charge is -2.33. The number of halogens is 1. The highest BCUT2D eigenvalue weighted by atomic mass is 79.9. The minimum atomic E-state index is -1.37. The molecule has 0 heterocycles. The lowest BCUT2D eigenvalue weighted by atomic mass is 10.1. The molecule has 0 aromatic heterocycles. The van der Waals surface area contributed by atoms with Gasteiger partial charge < -0.3 is 14.2 Å². The van der Waals surface area contributed by atoms with Gasteiger partial charge in [-0.3, -0.25) is 4.79 Å². The van der Waals surface area contributed by atoms with Gasteiger partial charge in [-0.25, -0.2) is 14.4 Å². The number of hydrogen-bond donors (Lipinski definition) is 0. The molecule has 0 saturated heterocycles. The third kappa shape index (κ3) is 11.8. The molecule has 0 aromatic rings. The van der Waals surface area contributed by atoms with Gasteiger partial charge in [0.25, 0.3) is 0 Å². The summed E-state index contributed by atoms with van der Waals surface area (Å²) in [5.74, 6) is -1.01. The summed E-state index contributed by atoms with van der Waals surface area (Å²) in [7, 11) is 0. The summed E-state index contributed by atoms with van der Waals surface area (Å²) in [5.41, 5.74) is -2.69. The topological polar surface area (TPSA) is 99.2 Å². The Morgan fingerprint density at radius 1 is 0.759 bits per heavy atom. The zero-order valence-electron chi connectivity index (χ0n) is 18.9. The first-order valence-electron chi connectivity index (χ1n) is 9.42. The van der Waals surface area contributed by atoms with Crippen LogP contribution in [0.5, 0.6) is 0 Å². The van der Waals surface area contributed by atoms with Crippen molar-refractivity contribution in [1.29, 1.82) is 0 Å². The van der Waals surface area contributed by atoms with Crippen LogP contribution in [0.1, 0.15) is 75.2 Å². The Morgan fingerprint density at radius 3 is 1.45 bits per heavy atom. The van der Waals surface area contributed by atoms with Gasteiger partial charge in [0.2, 0.25) is 0 Å². The summed E-state index contributed by atoms with van der Waals surface area (Å²) in [6, 6.07) is -1.37. The molecule has 9 heteroatoms. The first kappa shape index (κ1) is 27.4. The summed E-state index contributed by atoms with van der Waals surface area (Å²) in [4.78, 5) is 50.9. The molecule has 2 amide bonds. The van der Waals surface area contributed by atoms with Gasteiger partial charge in [-0.05, 0) is 68.7 Å². The fourth-order valence-electron chi connectivity index (χ4n) is 2.04. The van der Waals surface area contributed by atoms with E-state index in [1.807, 2.05) is 0 Å². The molecule has 0 unspecified atom stereocenters. The van der Waals surface area contributed by atoms with Crippen molar-refractivity contribution in [1.82, 2.24) is 4.90 Å². The number of rotatable bonds is 6. The van der Waals surface area contributed by atoms with Crippen LogP contribution in [0.4, 0.5) is 9.59 Å². The zero-order valence-corrected chi connectivity index (χ0v) is 20.5. The van der Waals surface area contributed by atoms with Crippen molar-refractivity contribution in [3.63, 3.8) is 0 Å². The lowest BCUT2D eigenvalue weighted by Crippen LogP contribution is -2.53. The van der Waals surface area contributed by atoms with Gasteiger partial charge in [-0.2, -0.15) is 4.90 Å². The minimum absolute atomic E-state index is 0.0444. The highest BCUT2D eigenvalue weighted by Crippen LogP contribution is 2.22. The van der Waals surface area contributed by atoms with E-state index in [-0.39, 0.29) is 24.0 Å². The van der Waals surface area contributed by atoms with Crippen LogP contribution in [0.3, 0.4) is 0 Å². The van der Waals surface area contributed by atoms with E-state index in [1.54, 1.807) is 62.3 Å². The van der Waals surface area contributed by atoms with Gasteiger partial charge in [0.1, 0.15) is 28.6 Å². The van der Waals surface area contributed by atoms with Crippen molar-refractivity contribution in [2.45, 2.75) is 98.0 Å². The van der Waals surface area contributed by atoms with Crippen LogP contribution >= 0.6 is 15.9 Å². The fraction of sp³-hybridized carbons (Fsp3) is 0.800. The van der Waals surface area contributed by atoms with E-state index < -0.39 is 41.0 Å². The van der Waals surface area contributed by atoms with E-state index in [1.165, 1.54) is 0 Å². The second-order valence-corrected chi connectivity index (χ2v) is 10.2. The van der Waals surface area contributed by atoms with Crippen molar-refractivity contribution in [3.8, 4) is 0 Å². The van der Waals surface area contributed by atoms with Crippen molar-refractivity contribution in [3.05, 3.63) is 0 Å². The maximum Gasteiger partial charge on any atom is 0.420 e. The molecule has 0 fully saturated rings. The first-order chi connectivity index (χ1) is 12.9. The second kappa shape index (κ2) is 10.4. The van der Waals surface area contributed by atoms with Gasteiger partial charge in [0.15, 0.2) is 0 Å². The number of imide groups is 1. The Hall–Kier alpha value is -1.64. The minimum Gasteiger partial charge on any atom is -0.458 e. The molecular formula is C20H34BrNO7. The van der Waals surface area contributed by atoms with Crippen LogP contribution in [0.25, 0.3) is 0 Å². The molecule has 0 rings (SSSR count). The Balaban J connectivity index is 6.06. The van der Waals surface area contributed by atoms with Gasteiger partial charge in [-0.15, -0.1) is 0 Å². The molecule has 0 saturated carbocycles. The van der Waals surface area contributed by atoms with Crippen molar-refractivity contribution in [2.75, 3.05) is 5.33 Å². The summed E-state index contributed by atoms with van der Waals surface area (Å²) in [5, 5.41) is 0.0902. The molecule has 0 spiro atoms. The average molecular weight is 480 g/mol. The van der Waals surface area contributed by atoms with E-state index in [0.29, 0.717) is 4.90 Å². The first-order valence-corrected chi connectivity index (χ1v) is 10.5. The van der Waals surface area contributed by atoms with Crippen molar-refractivity contribution >= 4 is 39.9 Å². The number of alkyl halides is 1. The monoisotopic (exact) mass is 479 g/mol. The molecule has 0 aliphatic rings. The fourth-order valence-corrected chi connectivity index (χ4v) is 2.32. The summed E-state index contributed by atoms with van der Waals surface area (Å²) < 4.78 is 16.0. The molecular weight excluding hydrogens is 446 g/mol. The van der Waals surface area contributed by atoms with Gasteiger partial charge in [-0.1, -0.05) is 15.9 Å². The van der Waals surface area contributed by atoms with Gasteiger partial charge >= 0.3 is 18.2 Å². The lowest BCUT2D eigenvalue weighted by molar-refractivity contribution is -0.161. The number of nitrogens with zero attached hydrogens (tertiary/aromatic N) is 1. The summed E-state index contributed by atoms with van der Waals surface area (Å²) in [6.07, 6.45) is -2.25. The zero-order chi connectivity index (χ0) is 23.2. The molecule has 0 N–H and O–H groups in total. The summed E-state index contributed by atoms with van der Waals surface area (Å²) in [6.45, 7) is 14.8. The van der Waals surface area contributed by atoms with E-state index >= 15 is 0 Å². The second-order valence-electron chi connectivity index (χ2n) is 9.59. The Bertz CT molecular complexity index is 584. The number of amides is 2. The summed E-state index contributed by atoms with van der Waals surface area (Å²) >= 11 is 3.06. The highest BCUT2D eigenvalue weighted by molar-refractivity contribution is 9.09. The predicted octanol–water partition coefficient (Wildman–Crippen LogP) is 4.61. The smallest absolute Gasteiger partial charge is 0.420 e. The maximum atomic E-state index is 12.8. The molecule has 0 bridgehead atoms. The third-order valence-corrected chi connectivity index (χ3v) is 3.64. The largest absolute Gasteiger partial charge is 0.458 e. The normalized spacial score (nSPS) is 13.3. The van der Waals surface area contributed by atoms with E-state index in [0.717, 1.165) is 0 Å². The van der Waals surface area contributed by atoms with Crippen LogP contribution in [0.15, 0.2) is 0 Å². The number of ether oxygens (including phenoxy) is 3. The maximum absolute atomic E-state index is 12.8. The van der Waals surface area contributed by atoms with Crippen molar-refractivity contribution < 1.29 is 33.4 Å². The SMILES string of the molecule is CC(C)(C)OC(=O)[C@H](CCC(=O)CBr)N(C(=O)OC(C)(C)C)C(=O)OC(C)(C)C. The van der Waals surface area contributed by atoms with E-state index in [2.05, 4.69) is 15.9 Å². The van der Waals surface area contributed by atoms with E-state index in [4.69, 9.17) is 14.2 Å². The number of Topliss-reactive ketones (excluding diaryl/α,β-unsaturated/α-hetero) is 1.